The molecule has 42 heavy (non-hydrogen) atoms. The Hall–Kier alpha value is -3.28. The normalized spacial score (nSPS) is 23.5. The maximum atomic E-state index is 14.9. The summed E-state index contributed by atoms with van der Waals surface area (Å²) in [6, 6.07) is 4.43. The van der Waals surface area contributed by atoms with Crippen LogP contribution in [0.5, 0.6) is 17.2 Å². The first kappa shape index (κ1) is 31.7. The van der Waals surface area contributed by atoms with Gasteiger partial charge in [0.2, 0.25) is 0 Å². The summed E-state index contributed by atoms with van der Waals surface area (Å²) >= 11 is 0. The van der Waals surface area contributed by atoms with Crippen molar-refractivity contribution < 1.29 is 54.5 Å². The topological polar surface area (TPSA) is 54.0 Å². The van der Waals surface area contributed by atoms with Crippen molar-refractivity contribution in [2.24, 2.45) is 17.8 Å². The Kier molecular flexibility index (Phi) is 10.1. The Bertz CT molecular complexity index is 1210. The average Bonchev–Trinajstić information content (AvgIpc) is 2.92. The van der Waals surface area contributed by atoms with Crippen LogP contribution in [-0.4, -0.2) is 31.7 Å². The number of halogens is 7. The standard InChI is InChI=1S/C30H31F7O5/c1-39-21-10-6-19(7-11-21)3-2-18-4-8-20(9-5-18)29(33,34)41-24-16-25(31)27(26(32)17-24)28(38)40-22-12-14-23(15-13-22)42-30(35,36)37/h2-3,12-21H,4-11H2,1H3/b3-2+. The molecule has 0 heterocycles. The molecule has 2 saturated carbocycles. The second-order valence-corrected chi connectivity index (χ2v) is 10.6. The van der Waals surface area contributed by atoms with E-state index in [9.17, 15) is 35.5 Å². The maximum absolute atomic E-state index is 14.9. The molecule has 0 atom stereocenters. The molecule has 0 saturated heterocycles. The minimum absolute atomic E-state index is 0.167. The van der Waals surface area contributed by atoms with E-state index in [0.29, 0.717) is 37.0 Å². The van der Waals surface area contributed by atoms with E-state index in [1.807, 2.05) is 0 Å². The zero-order valence-electron chi connectivity index (χ0n) is 22.8. The van der Waals surface area contributed by atoms with Gasteiger partial charge < -0.3 is 18.9 Å². The van der Waals surface area contributed by atoms with Crippen molar-refractivity contribution in [2.45, 2.75) is 69.9 Å². The second kappa shape index (κ2) is 13.4. The zero-order valence-corrected chi connectivity index (χ0v) is 22.8. The molecular weight excluding hydrogens is 573 g/mol. The summed E-state index contributed by atoms with van der Waals surface area (Å²) in [7, 11) is 1.71. The highest BCUT2D eigenvalue weighted by Crippen LogP contribution is 2.41. The van der Waals surface area contributed by atoms with E-state index in [1.54, 1.807) is 7.11 Å². The molecule has 0 N–H and O–H groups in total. The first-order valence-corrected chi connectivity index (χ1v) is 13.7. The summed E-state index contributed by atoms with van der Waals surface area (Å²) in [6.07, 6.45) is 1.43. The van der Waals surface area contributed by atoms with E-state index >= 15 is 0 Å². The molecule has 0 unspecified atom stereocenters. The van der Waals surface area contributed by atoms with E-state index in [0.717, 1.165) is 49.9 Å². The number of carbonyl (C=O) groups is 1. The monoisotopic (exact) mass is 604 g/mol. The van der Waals surface area contributed by atoms with Gasteiger partial charge in [-0.25, -0.2) is 13.6 Å². The molecule has 0 bridgehead atoms. The highest BCUT2D eigenvalue weighted by molar-refractivity contribution is 5.91. The second-order valence-electron chi connectivity index (χ2n) is 10.6. The Morgan fingerprint density at radius 2 is 1.24 bits per heavy atom. The lowest BCUT2D eigenvalue weighted by Gasteiger charge is -2.32. The molecule has 0 radical (unpaired) electrons. The highest BCUT2D eigenvalue weighted by Gasteiger charge is 2.44. The molecule has 0 spiro atoms. The third-order valence-corrected chi connectivity index (χ3v) is 7.70. The Labute approximate surface area is 238 Å². The van der Waals surface area contributed by atoms with Gasteiger partial charge in [-0.2, -0.15) is 8.78 Å². The molecule has 2 aliphatic carbocycles. The number of hydrogen-bond donors (Lipinski definition) is 0. The fourth-order valence-electron chi connectivity index (χ4n) is 5.39. The number of hydrogen-bond acceptors (Lipinski definition) is 5. The number of methoxy groups -OCH3 is 1. The minimum atomic E-state index is -4.94. The van der Waals surface area contributed by atoms with E-state index in [2.05, 4.69) is 16.9 Å². The third-order valence-electron chi connectivity index (χ3n) is 7.70. The van der Waals surface area contributed by atoms with Gasteiger partial charge in [-0.15, -0.1) is 13.2 Å². The van der Waals surface area contributed by atoms with Crippen molar-refractivity contribution in [2.75, 3.05) is 7.11 Å². The zero-order chi connectivity index (χ0) is 30.5. The summed E-state index contributed by atoms with van der Waals surface area (Å²) in [5.74, 6) is -6.78. The highest BCUT2D eigenvalue weighted by atomic mass is 19.4. The van der Waals surface area contributed by atoms with Crippen LogP contribution in [0.4, 0.5) is 30.7 Å². The van der Waals surface area contributed by atoms with Crippen molar-refractivity contribution in [1.29, 1.82) is 0 Å². The summed E-state index contributed by atoms with van der Waals surface area (Å²) in [6.45, 7) is 0. The molecule has 5 nitrogen and oxygen atoms in total. The summed E-state index contributed by atoms with van der Waals surface area (Å²) < 4.78 is 115. The number of carbonyl (C=O) groups excluding carboxylic acids is 1. The van der Waals surface area contributed by atoms with Crippen molar-refractivity contribution in [1.82, 2.24) is 0 Å². The van der Waals surface area contributed by atoms with Crippen molar-refractivity contribution >= 4 is 5.97 Å². The van der Waals surface area contributed by atoms with Gasteiger partial charge in [-0.1, -0.05) is 12.2 Å². The van der Waals surface area contributed by atoms with E-state index in [1.165, 1.54) is 0 Å². The lowest BCUT2D eigenvalue weighted by Crippen LogP contribution is -2.37. The van der Waals surface area contributed by atoms with Crippen LogP contribution in [0.15, 0.2) is 48.6 Å². The summed E-state index contributed by atoms with van der Waals surface area (Å²) in [5.41, 5.74) is -1.18. The average molecular weight is 605 g/mol. The van der Waals surface area contributed by atoms with Crippen molar-refractivity contribution in [3.8, 4) is 17.2 Å². The van der Waals surface area contributed by atoms with Gasteiger partial charge >= 0.3 is 18.4 Å². The van der Waals surface area contributed by atoms with Crippen LogP contribution in [0.1, 0.15) is 61.7 Å². The number of ether oxygens (including phenoxy) is 4. The van der Waals surface area contributed by atoms with Crippen LogP contribution in [0.3, 0.4) is 0 Å². The Balaban J connectivity index is 1.31. The van der Waals surface area contributed by atoms with E-state index in [4.69, 9.17) is 14.2 Å². The fourth-order valence-corrected chi connectivity index (χ4v) is 5.39. The molecule has 2 fully saturated rings. The van der Waals surface area contributed by atoms with Crippen molar-refractivity contribution in [3.63, 3.8) is 0 Å². The third kappa shape index (κ3) is 8.62. The van der Waals surface area contributed by atoms with Crippen LogP contribution < -0.4 is 14.2 Å². The molecule has 2 aliphatic rings. The Morgan fingerprint density at radius 3 is 1.74 bits per heavy atom. The van der Waals surface area contributed by atoms with E-state index < -0.39 is 53.1 Å². The van der Waals surface area contributed by atoms with Crippen LogP contribution in [0.2, 0.25) is 0 Å². The van der Waals surface area contributed by atoms with Crippen molar-refractivity contribution in [3.05, 3.63) is 65.7 Å². The van der Waals surface area contributed by atoms with Gasteiger partial charge in [-0.05, 0) is 87.5 Å². The van der Waals surface area contributed by atoms with Gasteiger partial charge in [0.1, 0.15) is 34.4 Å². The number of benzene rings is 2. The molecule has 4 rings (SSSR count). The largest absolute Gasteiger partial charge is 0.573 e. The van der Waals surface area contributed by atoms with Gasteiger partial charge in [0, 0.05) is 19.2 Å². The van der Waals surface area contributed by atoms with Crippen LogP contribution in [0.25, 0.3) is 0 Å². The summed E-state index contributed by atoms with van der Waals surface area (Å²) in [4.78, 5) is 12.3. The quantitative estimate of drug-likeness (QED) is 0.124. The predicted octanol–water partition coefficient (Wildman–Crippen LogP) is 8.62. The molecule has 0 aliphatic heterocycles. The number of alkyl halides is 5. The van der Waals surface area contributed by atoms with Crippen LogP contribution in [-0.2, 0) is 4.74 Å². The lowest BCUT2D eigenvalue weighted by molar-refractivity contribution is -0.274. The van der Waals surface area contributed by atoms with Gasteiger partial charge in [0.15, 0.2) is 0 Å². The Morgan fingerprint density at radius 1 is 0.738 bits per heavy atom. The SMILES string of the molecule is COC1CCC(/C=C/C2CCC(C(F)(F)Oc3cc(F)c(C(=O)Oc4ccc(OC(F)(F)F)cc4)c(F)c3)CC2)CC1. The lowest BCUT2D eigenvalue weighted by atomic mass is 9.80. The smallest absolute Gasteiger partial charge is 0.432 e. The molecule has 12 heteroatoms. The van der Waals surface area contributed by atoms with Crippen LogP contribution >= 0.6 is 0 Å². The van der Waals surface area contributed by atoms with E-state index in [-0.39, 0.29) is 24.5 Å². The fraction of sp³-hybridized carbons (Fsp3) is 0.500. The molecule has 2 aromatic rings. The van der Waals surface area contributed by atoms with Gasteiger partial charge in [0.05, 0.1) is 12.0 Å². The maximum Gasteiger partial charge on any atom is 0.573 e. The predicted molar refractivity (Wildman–Crippen MR) is 137 cm³/mol. The molecule has 0 amide bonds. The molecule has 0 aromatic heterocycles. The molecule has 2 aromatic carbocycles. The number of rotatable bonds is 9. The summed E-state index contributed by atoms with van der Waals surface area (Å²) in [5, 5.41) is 0. The van der Waals surface area contributed by atoms with Gasteiger partial charge in [0.25, 0.3) is 0 Å². The minimum Gasteiger partial charge on any atom is -0.432 e. The molecular formula is C30H31F7O5. The first-order valence-electron chi connectivity index (χ1n) is 13.7. The number of esters is 1. The van der Waals surface area contributed by atoms with Gasteiger partial charge in [-0.3, -0.25) is 0 Å². The number of allylic oxidation sites excluding steroid dienone is 2. The molecule has 230 valence electrons. The van der Waals surface area contributed by atoms with Crippen LogP contribution in [0, 0.1) is 29.4 Å². The first-order chi connectivity index (χ1) is 19.8.